The number of benzene rings is 2. The largest absolute Gasteiger partial charge is 0.508 e. The van der Waals surface area contributed by atoms with Gasteiger partial charge in [0.05, 0.1) is 6.61 Å². The number of aliphatic hydroxyl groups is 4. The highest BCUT2D eigenvalue weighted by Crippen LogP contribution is 2.35. The Bertz CT molecular complexity index is 1010. The maximum Gasteiger partial charge on any atom is 0.229 e. The van der Waals surface area contributed by atoms with Crippen LogP contribution in [0.5, 0.6) is 17.2 Å². The number of furan rings is 1. The molecule has 1 aliphatic rings. The van der Waals surface area contributed by atoms with E-state index in [4.69, 9.17) is 13.9 Å². The fourth-order valence-electron chi connectivity index (χ4n) is 3.48. The third-order valence-corrected chi connectivity index (χ3v) is 5.13. The van der Waals surface area contributed by atoms with Gasteiger partial charge in [0, 0.05) is 17.4 Å². The van der Waals surface area contributed by atoms with Crippen molar-refractivity contribution in [2.24, 2.45) is 0 Å². The van der Waals surface area contributed by atoms with E-state index in [1.54, 1.807) is 24.3 Å². The maximum atomic E-state index is 10.2. The Morgan fingerprint density at radius 2 is 1.60 bits per heavy atom. The Morgan fingerprint density at radius 1 is 0.900 bits per heavy atom. The number of para-hydroxylation sites is 1. The van der Waals surface area contributed by atoms with Crippen LogP contribution in [0.15, 0.2) is 46.9 Å². The van der Waals surface area contributed by atoms with Gasteiger partial charge < -0.3 is 44.5 Å². The lowest BCUT2D eigenvalue weighted by Gasteiger charge is -2.39. The fraction of sp³-hybridized carbons (Fsp3) is 0.333. The average Bonchev–Trinajstić information content (AvgIpc) is 3.15. The second kappa shape index (κ2) is 8.13. The standard InChI is InChI=1S/C21H22O9/c22-9-16-17(25)18(26)19(27)21(30-16)29-15-6-1-3-10-7-11(28-20(10)15)8-12-13(23)4-2-5-14(12)24/h1-7,16-19,21-27H,8-9H2/t16-,17-,18+,19-,21-/m1/s1. The highest BCUT2D eigenvalue weighted by molar-refractivity contribution is 5.83. The smallest absolute Gasteiger partial charge is 0.229 e. The number of phenols is 2. The van der Waals surface area contributed by atoms with Crippen LogP contribution in [0, 0.1) is 0 Å². The van der Waals surface area contributed by atoms with Crippen molar-refractivity contribution in [2.45, 2.75) is 37.1 Å². The summed E-state index contributed by atoms with van der Waals surface area (Å²) in [5.41, 5.74) is 0.646. The van der Waals surface area contributed by atoms with Crippen LogP contribution < -0.4 is 4.74 Å². The normalized spacial score (nSPS) is 26.7. The number of aliphatic hydroxyl groups excluding tert-OH is 4. The summed E-state index contributed by atoms with van der Waals surface area (Å²) in [4.78, 5) is 0. The van der Waals surface area contributed by atoms with Gasteiger partial charge in [-0.2, -0.15) is 0 Å². The molecule has 1 fully saturated rings. The summed E-state index contributed by atoms with van der Waals surface area (Å²) in [6, 6.07) is 11.2. The van der Waals surface area contributed by atoms with Gasteiger partial charge in [-0.25, -0.2) is 0 Å². The van der Waals surface area contributed by atoms with Crippen LogP contribution in [0.3, 0.4) is 0 Å². The van der Waals surface area contributed by atoms with E-state index < -0.39 is 37.3 Å². The van der Waals surface area contributed by atoms with Crippen molar-refractivity contribution < 1.29 is 44.5 Å². The Hall–Kier alpha value is -2.82. The Morgan fingerprint density at radius 3 is 2.30 bits per heavy atom. The topological polar surface area (TPSA) is 153 Å². The molecule has 0 bridgehead atoms. The molecule has 5 atom stereocenters. The molecule has 0 aliphatic carbocycles. The van der Waals surface area contributed by atoms with Gasteiger partial charge in [0.25, 0.3) is 0 Å². The molecule has 4 rings (SSSR count). The summed E-state index contributed by atoms with van der Waals surface area (Å²) < 4.78 is 16.9. The first kappa shape index (κ1) is 20.5. The first-order chi connectivity index (χ1) is 14.4. The molecule has 0 radical (unpaired) electrons. The molecule has 6 N–H and O–H groups in total. The molecule has 1 aromatic heterocycles. The summed E-state index contributed by atoms with van der Waals surface area (Å²) in [5, 5.41) is 60.0. The van der Waals surface area contributed by atoms with Crippen LogP contribution in [-0.2, 0) is 11.2 Å². The zero-order valence-electron chi connectivity index (χ0n) is 15.8. The molecule has 2 heterocycles. The monoisotopic (exact) mass is 418 g/mol. The summed E-state index contributed by atoms with van der Waals surface area (Å²) in [5.74, 6) is 0.540. The molecule has 30 heavy (non-hydrogen) atoms. The van der Waals surface area contributed by atoms with Crippen LogP contribution in [0.2, 0.25) is 0 Å². The van der Waals surface area contributed by atoms with Gasteiger partial charge in [-0.05, 0) is 24.3 Å². The second-order valence-electron chi connectivity index (χ2n) is 7.15. The predicted octanol–water partition coefficient (Wildman–Crippen LogP) is 0.613. The van der Waals surface area contributed by atoms with Crippen molar-refractivity contribution in [2.75, 3.05) is 6.61 Å². The first-order valence-electron chi connectivity index (χ1n) is 9.37. The lowest BCUT2D eigenvalue weighted by atomic mass is 9.99. The van der Waals surface area contributed by atoms with E-state index >= 15 is 0 Å². The van der Waals surface area contributed by atoms with E-state index in [-0.39, 0.29) is 23.7 Å². The minimum atomic E-state index is -1.56. The van der Waals surface area contributed by atoms with Crippen molar-refractivity contribution in [3.05, 3.63) is 53.8 Å². The SMILES string of the molecule is OC[C@H]1O[C@@H](Oc2cccc3cc(Cc4c(O)cccc4O)oc23)[C@H](O)[C@@H](O)[C@@H]1O. The molecule has 1 aliphatic heterocycles. The molecule has 0 amide bonds. The van der Waals surface area contributed by atoms with Crippen molar-refractivity contribution in [3.63, 3.8) is 0 Å². The van der Waals surface area contributed by atoms with Crippen LogP contribution in [-0.4, -0.2) is 68.0 Å². The predicted molar refractivity (Wildman–Crippen MR) is 103 cm³/mol. The lowest BCUT2D eigenvalue weighted by Crippen LogP contribution is -2.60. The molecular formula is C21H22O9. The summed E-state index contributed by atoms with van der Waals surface area (Å²) >= 11 is 0. The van der Waals surface area contributed by atoms with Crippen LogP contribution in [0.4, 0.5) is 0 Å². The fourth-order valence-corrected chi connectivity index (χ4v) is 3.48. The first-order valence-corrected chi connectivity index (χ1v) is 9.37. The summed E-state index contributed by atoms with van der Waals surface area (Å²) in [6.07, 6.45) is -6.90. The summed E-state index contributed by atoms with van der Waals surface area (Å²) in [6.45, 7) is -0.566. The van der Waals surface area contributed by atoms with Crippen molar-refractivity contribution in [3.8, 4) is 17.2 Å². The van der Waals surface area contributed by atoms with Gasteiger partial charge in [-0.3, -0.25) is 0 Å². The molecule has 2 aromatic carbocycles. The molecule has 160 valence electrons. The van der Waals surface area contributed by atoms with E-state index in [0.717, 1.165) is 0 Å². The van der Waals surface area contributed by atoms with Gasteiger partial charge in [0.2, 0.25) is 6.29 Å². The highest BCUT2D eigenvalue weighted by Gasteiger charge is 2.44. The number of ether oxygens (including phenoxy) is 2. The van der Waals surface area contributed by atoms with Gasteiger partial charge in [-0.15, -0.1) is 0 Å². The molecule has 9 heteroatoms. The number of fused-ring (bicyclic) bond motifs is 1. The van der Waals surface area contributed by atoms with Crippen molar-refractivity contribution in [1.82, 2.24) is 0 Å². The van der Waals surface area contributed by atoms with Crippen LogP contribution in [0.1, 0.15) is 11.3 Å². The molecule has 3 aromatic rings. The minimum absolute atomic E-state index is 0.0618. The lowest BCUT2D eigenvalue weighted by molar-refractivity contribution is -0.277. The van der Waals surface area contributed by atoms with Crippen molar-refractivity contribution >= 4 is 11.0 Å². The molecular weight excluding hydrogens is 396 g/mol. The summed E-state index contributed by atoms with van der Waals surface area (Å²) in [7, 11) is 0. The quantitative estimate of drug-likeness (QED) is 0.350. The Labute approximate surface area is 171 Å². The molecule has 1 saturated heterocycles. The number of aromatic hydroxyl groups is 2. The van der Waals surface area contributed by atoms with Crippen LogP contribution in [0.25, 0.3) is 11.0 Å². The van der Waals surface area contributed by atoms with E-state index in [2.05, 4.69) is 0 Å². The Balaban J connectivity index is 1.61. The Kier molecular flexibility index (Phi) is 5.54. The third kappa shape index (κ3) is 3.69. The maximum absolute atomic E-state index is 10.2. The van der Waals surface area contributed by atoms with Gasteiger partial charge in [-0.1, -0.05) is 18.2 Å². The van der Waals surface area contributed by atoms with E-state index in [9.17, 15) is 30.6 Å². The van der Waals surface area contributed by atoms with Crippen molar-refractivity contribution in [1.29, 1.82) is 0 Å². The number of hydrogen-bond acceptors (Lipinski definition) is 9. The van der Waals surface area contributed by atoms with Gasteiger partial charge in [0.15, 0.2) is 11.3 Å². The zero-order chi connectivity index (χ0) is 21.4. The van der Waals surface area contributed by atoms with E-state index in [0.29, 0.717) is 22.3 Å². The second-order valence-corrected chi connectivity index (χ2v) is 7.15. The molecule has 0 spiro atoms. The highest BCUT2D eigenvalue weighted by atomic mass is 16.7. The zero-order valence-corrected chi connectivity index (χ0v) is 15.8. The third-order valence-electron chi connectivity index (χ3n) is 5.13. The average molecular weight is 418 g/mol. The number of phenolic OH excluding ortho intramolecular Hbond substituents is 2. The number of hydrogen-bond donors (Lipinski definition) is 6. The molecule has 0 saturated carbocycles. The van der Waals surface area contributed by atoms with E-state index in [1.807, 2.05) is 0 Å². The van der Waals surface area contributed by atoms with Gasteiger partial charge >= 0.3 is 0 Å². The number of rotatable bonds is 5. The van der Waals surface area contributed by atoms with E-state index in [1.165, 1.54) is 18.2 Å². The van der Waals surface area contributed by atoms with Crippen LogP contribution >= 0.6 is 0 Å². The minimum Gasteiger partial charge on any atom is -0.508 e. The molecule has 0 unspecified atom stereocenters. The molecule has 9 nitrogen and oxygen atoms in total. The van der Waals surface area contributed by atoms with Gasteiger partial charge in [0.1, 0.15) is 41.7 Å².